The summed E-state index contributed by atoms with van der Waals surface area (Å²) in [5.41, 5.74) is 4.36. The number of ketones is 1. The molecule has 1 aromatic heterocycles. The number of hydrogen-bond donors (Lipinski definition) is 0. The van der Waals surface area contributed by atoms with Crippen LogP contribution < -0.4 is 0 Å². The van der Waals surface area contributed by atoms with E-state index in [0.29, 0.717) is 5.76 Å². The number of fused-ring (bicyclic) bond motifs is 2. The van der Waals surface area contributed by atoms with E-state index in [1.807, 2.05) is 25.3 Å². The van der Waals surface area contributed by atoms with Crippen molar-refractivity contribution in [3.8, 4) is 0 Å². The Bertz CT molecular complexity index is 949. The number of carbonyl (C=O) groups excluding carboxylic acids is 1. The second-order valence-corrected chi connectivity index (χ2v) is 5.96. The van der Waals surface area contributed by atoms with Crippen LogP contribution in [0.3, 0.4) is 0 Å². The molecular formula is C20H17NO2. The third-order valence-electron chi connectivity index (χ3n) is 4.20. The second-order valence-electron chi connectivity index (χ2n) is 5.96. The number of hydrogen-bond acceptors (Lipinski definition) is 2. The maximum absolute atomic E-state index is 11.5. The number of rotatable bonds is 2. The van der Waals surface area contributed by atoms with Crippen molar-refractivity contribution in [3.05, 3.63) is 77.5 Å². The topological polar surface area (TPSA) is 31.2 Å². The first-order valence-corrected chi connectivity index (χ1v) is 7.69. The first-order chi connectivity index (χ1) is 11.1. The molecule has 0 saturated heterocycles. The molecule has 3 aromatic rings. The summed E-state index contributed by atoms with van der Waals surface area (Å²) in [5, 5.41) is 1.17. The number of aromatic nitrogens is 1. The number of benzene rings is 2. The molecule has 0 fully saturated rings. The van der Waals surface area contributed by atoms with E-state index in [-0.39, 0.29) is 12.0 Å². The lowest BCUT2D eigenvalue weighted by Gasteiger charge is -2.15. The zero-order valence-corrected chi connectivity index (χ0v) is 13.1. The summed E-state index contributed by atoms with van der Waals surface area (Å²) in [5.74, 6) is 0.643. The Labute approximate surface area is 134 Å². The van der Waals surface area contributed by atoms with E-state index in [1.165, 1.54) is 5.39 Å². The zero-order chi connectivity index (χ0) is 16.0. The highest BCUT2D eigenvalue weighted by atomic mass is 16.5. The minimum Gasteiger partial charge on any atom is -0.465 e. The molecule has 1 unspecified atom stereocenters. The molecule has 1 aliphatic rings. The maximum atomic E-state index is 11.5. The van der Waals surface area contributed by atoms with E-state index in [2.05, 4.69) is 41.0 Å². The summed E-state index contributed by atoms with van der Waals surface area (Å²) >= 11 is 0. The predicted octanol–water partition coefficient (Wildman–Crippen LogP) is 4.46. The molecule has 4 rings (SSSR count). The van der Waals surface area contributed by atoms with E-state index >= 15 is 0 Å². The van der Waals surface area contributed by atoms with E-state index in [0.717, 1.165) is 22.2 Å². The summed E-state index contributed by atoms with van der Waals surface area (Å²) in [6, 6.07) is 16.6. The van der Waals surface area contributed by atoms with Gasteiger partial charge in [-0.05, 0) is 37.4 Å². The van der Waals surface area contributed by atoms with Crippen LogP contribution in [0.1, 0.15) is 29.8 Å². The predicted molar refractivity (Wildman–Crippen MR) is 91.0 cm³/mol. The monoisotopic (exact) mass is 303 g/mol. The van der Waals surface area contributed by atoms with Gasteiger partial charge >= 0.3 is 0 Å². The first kappa shape index (κ1) is 13.8. The van der Waals surface area contributed by atoms with Crippen molar-refractivity contribution in [2.45, 2.75) is 20.1 Å². The quantitative estimate of drug-likeness (QED) is 0.655. The smallest absolute Gasteiger partial charge is 0.203 e. The van der Waals surface area contributed by atoms with Crippen molar-refractivity contribution in [3.63, 3.8) is 0 Å². The van der Waals surface area contributed by atoms with Crippen molar-refractivity contribution in [2.24, 2.45) is 0 Å². The number of ether oxygens (including phenoxy) is 1. The number of allylic oxidation sites excluding steroid dienone is 1. The minimum absolute atomic E-state index is 0.00882. The Morgan fingerprint density at radius 1 is 1.17 bits per heavy atom. The van der Waals surface area contributed by atoms with Crippen molar-refractivity contribution < 1.29 is 9.53 Å². The van der Waals surface area contributed by atoms with Gasteiger partial charge in [-0.25, -0.2) is 0 Å². The van der Waals surface area contributed by atoms with Crippen molar-refractivity contribution >= 4 is 22.4 Å². The fraction of sp³-hybridized carbons (Fsp3) is 0.150. The van der Waals surface area contributed by atoms with Crippen molar-refractivity contribution in [1.29, 1.82) is 0 Å². The molecule has 2 aromatic carbocycles. The summed E-state index contributed by atoms with van der Waals surface area (Å²) in [6.45, 7) is 3.59. The molecule has 23 heavy (non-hydrogen) atoms. The largest absolute Gasteiger partial charge is 0.465 e. The Morgan fingerprint density at radius 3 is 2.83 bits per heavy atom. The van der Waals surface area contributed by atoms with Crippen LogP contribution in [0.2, 0.25) is 0 Å². The van der Waals surface area contributed by atoms with Crippen LogP contribution in [-0.4, -0.2) is 10.4 Å². The number of carbonyl (C=O) groups is 1. The molecule has 0 radical (unpaired) electrons. The minimum atomic E-state index is -0.240. The molecule has 3 nitrogen and oxygen atoms in total. The van der Waals surface area contributed by atoms with Crippen LogP contribution in [0.25, 0.3) is 16.7 Å². The molecule has 1 atom stereocenters. The standard InChI is InChI=1S/C20H17NO2/c1-13-7-8-16-17(11-13)19(12-14(2)22)23-20(16)21-10-9-15-5-3-4-6-18(15)21/h3-12,20H,1-2H3/b19-12-. The third-order valence-corrected chi connectivity index (χ3v) is 4.20. The lowest BCUT2D eigenvalue weighted by molar-refractivity contribution is -0.112. The molecule has 114 valence electrons. The number of nitrogens with zero attached hydrogens (tertiary/aromatic N) is 1. The van der Waals surface area contributed by atoms with Gasteiger partial charge in [-0.15, -0.1) is 0 Å². The van der Waals surface area contributed by atoms with Gasteiger partial charge in [-0.1, -0.05) is 35.9 Å². The van der Waals surface area contributed by atoms with Crippen LogP contribution in [-0.2, 0) is 9.53 Å². The van der Waals surface area contributed by atoms with Gasteiger partial charge in [0.25, 0.3) is 0 Å². The number of para-hydroxylation sites is 1. The molecule has 0 bridgehead atoms. The molecule has 1 aliphatic heterocycles. The van der Waals surface area contributed by atoms with Crippen LogP contribution in [0, 0.1) is 6.92 Å². The lowest BCUT2D eigenvalue weighted by atomic mass is 10.0. The molecule has 0 N–H and O–H groups in total. The van der Waals surface area contributed by atoms with Gasteiger partial charge < -0.3 is 9.30 Å². The van der Waals surface area contributed by atoms with Crippen LogP contribution in [0.15, 0.2) is 60.8 Å². The lowest BCUT2D eigenvalue weighted by Crippen LogP contribution is -2.07. The van der Waals surface area contributed by atoms with Crippen molar-refractivity contribution in [2.75, 3.05) is 0 Å². The average molecular weight is 303 g/mol. The third kappa shape index (κ3) is 2.25. The Morgan fingerprint density at radius 2 is 2.00 bits per heavy atom. The van der Waals surface area contributed by atoms with E-state index in [9.17, 15) is 4.79 Å². The SMILES string of the molecule is CC(=O)/C=C1\OC(n2ccc3ccccc32)c2ccc(C)cc21. The van der Waals surface area contributed by atoms with Gasteiger partial charge in [0.05, 0.1) is 5.52 Å². The first-order valence-electron chi connectivity index (χ1n) is 7.69. The summed E-state index contributed by atoms with van der Waals surface area (Å²) in [6.07, 6.45) is 3.37. The highest BCUT2D eigenvalue weighted by Crippen LogP contribution is 2.41. The normalized spacial score (nSPS) is 18.2. The van der Waals surface area contributed by atoms with Crippen molar-refractivity contribution in [1.82, 2.24) is 4.57 Å². The van der Waals surface area contributed by atoms with Crippen LogP contribution in [0.4, 0.5) is 0 Å². The van der Waals surface area contributed by atoms with E-state index < -0.39 is 0 Å². The average Bonchev–Trinajstić information content (AvgIpc) is 3.08. The summed E-state index contributed by atoms with van der Waals surface area (Å²) in [4.78, 5) is 11.5. The molecular weight excluding hydrogens is 286 g/mol. The molecule has 0 aliphatic carbocycles. The van der Waals surface area contributed by atoms with Gasteiger partial charge in [0.2, 0.25) is 6.23 Å². The summed E-state index contributed by atoms with van der Waals surface area (Å²) in [7, 11) is 0. The highest BCUT2D eigenvalue weighted by Gasteiger charge is 2.30. The second kappa shape index (κ2) is 5.13. The van der Waals surface area contributed by atoms with Gasteiger partial charge in [-0.3, -0.25) is 4.79 Å². The van der Waals surface area contributed by atoms with Crippen LogP contribution >= 0.6 is 0 Å². The van der Waals surface area contributed by atoms with E-state index in [1.54, 1.807) is 13.0 Å². The zero-order valence-electron chi connectivity index (χ0n) is 13.1. The number of aryl methyl sites for hydroxylation is 1. The maximum Gasteiger partial charge on any atom is 0.203 e. The Hall–Kier alpha value is -2.81. The van der Waals surface area contributed by atoms with Crippen LogP contribution in [0.5, 0.6) is 0 Å². The molecule has 0 spiro atoms. The summed E-state index contributed by atoms with van der Waals surface area (Å²) < 4.78 is 8.27. The molecule has 0 saturated carbocycles. The molecule has 2 heterocycles. The van der Waals surface area contributed by atoms with Gasteiger partial charge in [0, 0.05) is 23.4 Å². The fourth-order valence-electron chi connectivity index (χ4n) is 3.16. The molecule has 0 amide bonds. The van der Waals surface area contributed by atoms with Gasteiger partial charge in [0.15, 0.2) is 5.78 Å². The van der Waals surface area contributed by atoms with E-state index in [4.69, 9.17) is 4.74 Å². The van der Waals surface area contributed by atoms with Gasteiger partial charge in [-0.2, -0.15) is 0 Å². The fourth-order valence-corrected chi connectivity index (χ4v) is 3.16. The Kier molecular flexibility index (Phi) is 3.08. The van der Waals surface area contributed by atoms with Gasteiger partial charge in [0.1, 0.15) is 5.76 Å². The molecule has 3 heteroatoms. The highest BCUT2D eigenvalue weighted by molar-refractivity contribution is 5.94. The Balaban J connectivity index is 1.90.